The van der Waals surface area contributed by atoms with Gasteiger partial charge in [0.05, 0.1) is 17.3 Å². The molecule has 4 aromatic rings. The molecule has 0 saturated heterocycles. The molecule has 1 aliphatic rings. The molecular formula is C22H22N6. The van der Waals surface area contributed by atoms with Crippen LogP contribution in [-0.2, 0) is 6.42 Å². The minimum absolute atomic E-state index is 0.476. The number of aromatic nitrogens is 5. The molecule has 0 unspecified atom stereocenters. The van der Waals surface area contributed by atoms with Crippen LogP contribution in [0.5, 0.6) is 0 Å². The summed E-state index contributed by atoms with van der Waals surface area (Å²) in [6.45, 7) is 0. The van der Waals surface area contributed by atoms with Crippen molar-refractivity contribution in [2.24, 2.45) is 5.92 Å². The lowest BCUT2D eigenvalue weighted by Crippen LogP contribution is -2.14. The Balaban J connectivity index is 1.25. The lowest BCUT2D eigenvalue weighted by atomic mass is 9.78. The zero-order valence-electron chi connectivity index (χ0n) is 15.7. The first-order valence-corrected chi connectivity index (χ1v) is 9.98. The summed E-state index contributed by atoms with van der Waals surface area (Å²) in [5.74, 6) is 1.24. The molecule has 3 aromatic heterocycles. The first-order valence-electron chi connectivity index (χ1n) is 9.98. The van der Waals surface area contributed by atoms with Gasteiger partial charge in [0.1, 0.15) is 17.5 Å². The third-order valence-electron chi connectivity index (χ3n) is 6.15. The fourth-order valence-corrected chi connectivity index (χ4v) is 4.54. The lowest BCUT2D eigenvalue weighted by molar-refractivity contribution is 0.308. The van der Waals surface area contributed by atoms with E-state index in [2.05, 4.69) is 44.5 Å². The zero-order chi connectivity index (χ0) is 18.9. The highest BCUT2D eigenvalue weighted by Crippen LogP contribution is 2.39. The molecule has 140 valence electrons. The number of benzene rings is 1. The highest BCUT2D eigenvalue weighted by molar-refractivity contribution is 5.92. The number of aryl methyl sites for hydroxylation is 1. The quantitative estimate of drug-likeness (QED) is 0.578. The van der Waals surface area contributed by atoms with Crippen LogP contribution in [0, 0.1) is 17.2 Å². The van der Waals surface area contributed by atoms with E-state index in [1.54, 1.807) is 6.33 Å². The standard InChI is InChI=1S/C22H22N6/c23-13-17-5-3-15(4-6-17)1-2-16-7-9-18(10-8-16)20-21-19-11-12-24-22(19)25-14-28(21)27-26-20/h3-6,11-12,14,16,18,24H,1-2,7-10H2. The van der Waals surface area contributed by atoms with Crippen LogP contribution < -0.4 is 0 Å². The molecule has 0 atom stereocenters. The maximum absolute atomic E-state index is 8.91. The Labute approximate surface area is 163 Å². The number of rotatable bonds is 4. The Kier molecular flexibility index (Phi) is 4.28. The van der Waals surface area contributed by atoms with Crippen LogP contribution in [0.4, 0.5) is 0 Å². The Morgan fingerprint density at radius 1 is 1.11 bits per heavy atom. The Bertz CT molecular complexity index is 1140. The Morgan fingerprint density at radius 2 is 1.93 bits per heavy atom. The van der Waals surface area contributed by atoms with Crippen molar-refractivity contribution in [2.45, 2.75) is 44.4 Å². The van der Waals surface area contributed by atoms with Crippen molar-refractivity contribution < 1.29 is 0 Å². The van der Waals surface area contributed by atoms with Gasteiger partial charge in [-0.25, -0.2) is 9.50 Å². The van der Waals surface area contributed by atoms with Gasteiger partial charge in [0.2, 0.25) is 0 Å². The second-order valence-corrected chi connectivity index (χ2v) is 7.82. The van der Waals surface area contributed by atoms with E-state index in [0.717, 1.165) is 40.1 Å². The van der Waals surface area contributed by atoms with Crippen molar-refractivity contribution in [3.8, 4) is 6.07 Å². The average molecular weight is 370 g/mol. The van der Waals surface area contributed by atoms with Crippen LogP contribution in [0.2, 0.25) is 0 Å². The molecule has 0 spiro atoms. The second-order valence-electron chi connectivity index (χ2n) is 7.82. The van der Waals surface area contributed by atoms with E-state index in [0.29, 0.717) is 5.92 Å². The fraction of sp³-hybridized carbons (Fsp3) is 0.364. The van der Waals surface area contributed by atoms with Gasteiger partial charge in [0.25, 0.3) is 0 Å². The van der Waals surface area contributed by atoms with E-state index >= 15 is 0 Å². The van der Waals surface area contributed by atoms with E-state index in [1.165, 1.54) is 37.7 Å². The normalized spacial score (nSPS) is 19.8. The van der Waals surface area contributed by atoms with Gasteiger partial charge >= 0.3 is 0 Å². The van der Waals surface area contributed by atoms with Crippen molar-refractivity contribution >= 4 is 16.6 Å². The molecule has 28 heavy (non-hydrogen) atoms. The van der Waals surface area contributed by atoms with Crippen LogP contribution in [0.15, 0.2) is 42.9 Å². The summed E-state index contributed by atoms with van der Waals surface area (Å²) in [5.41, 5.74) is 5.18. The molecule has 1 aromatic carbocycles. The number of hydrogen-bond donors (Lipinski definition) is 1. The van der Waals surface area contributed by atoms with E-state index in [9.17, 15) is 0 Å². The lowest BCUT2D eigenvalue weighted by Gasteiger charge is -2.27. The molecule has 1 N–H and O–H groups in total. The predicted octanol–water partition coefficient (Wildman–Crippen LogP) is 4.38. The molecule has 6 nitrogen and oxygen atoms in total. The summed E-state index contributed by atoms with van der Waals surface area (Å²) in [6.07, 6.45) is 10.8. The summed E-state index contributed by atoms with van der Waals surface area (Å²) in [7, 11) is 0. The van der Waals surface area contributed by atoms with Gasteiger partial charge in [0, 0.05) is 17.5 Å². The number of hydrogen-bond acceptors (Lipinski definition) is 4. The smallest absolute Gasteiger partial charge is 0.141 e. The topological polar surface area (TPSA) is 82.7 Å². The summed E-state index contributed by atoms with van der Waals surface area (Å²) in [6, 6.07) is 12.3. The summed E-state index contributed by atoms with van der Waals surface area (Å²) < 4.78 is 1.81. The average Bonchev–Trinajstić information content (AvgIpc) is 3.39. The van der Waals surface area contributed by atoms with Gasteiger partial charge in [-0.3, -0.25) is 0 Å². The van der Waals surface area contributed by atoms with Crippen molar-refractivity contribution in [1.82, 2.24) is 24.8 Å². The number of nitrogens with one attached hydrogen (secondary N) is 1. The highest BCUT2D eigenvalue weighted by Gasteiger charge is 2.26. The zero-order valence-corrected chi connectivity index (χ0v) is 15.7. The SMILES string of the molecule is N#Cc1ccc(CCC2CCC(c3nnn4cnc5[nH]ccc5c34)CC2)cc1. The number of nitrogens with zero attached hydrogens (tertiary/aromatic N) is 5. The van der Waals surface area contributed by atoms with E-state index in [-0.39, 0.29) is 0 Å². The molecule has 1 fully saturated rings. The second kappa shape index (κ2) is 7.08. The van der Waals surface area contributed by atoms with Crippen LogP contribution in [-0.4, -0.2) is 24.8 Å². The number of fused-ring (bicyclic) bond motifs is 3. The van der Waals surface area contributed by atoms with Crippen LogP contribution in [0.25, 0.3) is 16.6 Å². The maximum atomic E-state index is 8.91. The van der Waals surface area contributed by atoms with Gasteiger partial charge in [0.15, 0.2) is 0 Å². The van der Waals surface area contributed by atoms with Gasteiger partial charge in [-0.15, -0.1) is 5.10 Å². The van der Waals surface area contributed by atoms with Crippen LogP contribution >= 0.6 is 0 Å². The van der Waals surface area contributed by atoms with Crippen molar-refractivity contribution in [3.63, 3.8) is 0 Å². The van der Waals surface area contributed by atoms with E-state index in [4.69, 9.17) is 5.26 Å². The highest BCUT2D eigenvalue weighted by atomic mass is 15.4. The molecule has 0 radical (unpaired) electrons. The van der Waals surface area contributed by atoms with Crippen molar-refractivity contribution in [3.05, 3.63) is 59.7 Å². The Hall–Kier alpha value is -3.20. The molecule has 6 heteroatoms. The minimum atomic E-state index is 0.476. The maximum Gasteiger partial charge on any atom is 0.141 e. The number of nitriles is 1. The molecule has 0 amide bonds. The van der Waals surface area contributed by atoms with E-state index in [1.807, 2.05) is 22.8 Å². The van der Waals surface area contributed by atoms with Crippen molar-refractivity contribution in [1.29, 1.82) is 5.26 Å². The monoisotopic (exact) mass is 370 g/mol. The number of aromatic amines is 1. The molecule has 1 aliphatic carbocycles. The van der Waals surface area contributed by atoms with Gasteiger partial charge in [-0.1, -0.05) is 17.3 Å². The van der Waals surface area contributed by atoms with Crippen LogP contribution in [0.1, 0.15) is 54.8 Å². The van der Waals surface area contributed by atoms with Gasteiger partial charge in [-0.05, 0) is 68.2 Å². The molecule has 1 saturated carbocycles. The molecule has 0 bridgehead atoms. The fourth-order valence-electron chi connectivity index (χ4n) is 4.54. The molecule has 0 aliphatic heterocycles. The first kappa shape index (κ1) is 16.9. The summed E-state index contributed by atoms with van der Waals surface area (Å²) in [4.78, 5) is 7.57. The van der Waals surface area contributed by atoms with E-state index < -0.39 is 0 Å². The predicted molar refractivity (Wildman–Crippen MR) is 107 cm³/mol. The van der Waals surface area contributed by atoms with Crippen molar-refractivity contribution in [2.75, 3.05) is 0 Å². The molecule has 3 heterocycles. The molecule has 5 rings (SSSR count). The largest absolute Gasteiger partial charge is 0.346 e. The number of H-pyrrole nitrogens is 1. The van der Waals surface area contributed by atoms with Gasteiger partial charge < -0.3 is 4.98 Å². The third kappa shape index (κ3) is 3.03. The summed E-state index contributed by atoms with van der Waals surface area (Å²) in [5, 5.41) is 18.8. The summed E-state index contributed by atoms with van der Waals surface area (Å²) >= 11 is 0. The Morgan fingerprint density at radius 3 is 2.71 bits per heavy atom. The van der Waals surface area contributed by atoms with Crippen LogP contribution in [0.3, 0.4) is 0 Å². The minimum Gasteiger partial charge on any atom is -0.346 e. The molecular weight excluding hydrogens is 348 g/mol. The third-order valence-corrected chi connectivity index (χ3v) is 6.15. The first-order chi connectivity index (χ1) is 13.8. The van der Waals surface area contributed by atoms with Gasteiger partial charge in [-0.2, -0.15) is 5.26 Å².